The first-order valence-corrected chi connectivity index (χ1v) is 10.2. The number of thioether (sulfide) groups is 1. The SMILES string of the molecule is O=C(Nc1ccc(C2SCC(=O)N2c2ccccc2)cc1)c1ccc(Cl)cc1. The van der Waals surface area contributed by atoms with Crippen LogP contribution in [0.5, 0.6) is 0 Å². The van der Waals surface area contributed by atoms with Gasteiger partial charge in [0.05, 0.1) is 5.75 Å². The Balaban J connectivity index is 1.50. The number of amides is 2. The fraction of sp³-hybridized carbons (Fsp3) is 0.0909. The third-order valence-corrected chi connectivity index (χ3v) is 5.93. The van der Waals surface area contributed by atoms with Crippen molar-refractivity contribution in [3.63, 3.8) is 0 Å². The first-order valence-electron chi connectivity index (χ1n) is 8.77. The molecule has 0 bridgehead atoms. The minimum Gasteiger partial charge on any atom is -0.322 e. The highest BCUT2D eigenvalue weighted by atomic mass is 35.5. The molecule has 0 radical (unpaired) electrons. The van der Waals surface area contributed by atoms with Crippen LogP contribution in [0.3, 0.4) is 0 Å². The molecule has 1 aliphatic rings. The molecule has 1 aliphatic heterocycles. The molecule has 1 saturated heterocycles. The zero-order valence-electron chi connectivity index (χ0n) is 14.8. The van der Waals surface area contributed by atoms with Crippen molar-refractivity contribution in [2.45, 2.75) is 5.37 Å². The number of hydrogen-bond acceptors (Lipinski definition) is 3. The quantitative estimate of drug-likeness (QED) is 0.631. The monoisotopic (exact) mass is 408 g/mol. The van der Waals surface area contributed by atoms with Crippen LogP contribution < -0.4 is 10.2 Å². The number of halogens is 1. The van der Waals surface area contributed by atoms with E-state index in [0.717, 1.165) is 11.3 Å². The Kier molecular flexibility index (Phi) is 5.37. The minimum atomic E-state index is -0.194. The average Bonchev–Trinajstić information content (AvgIpc) is 3.11. The normalized spacial score (nSPS) is 16.2. The van der Waals surface area contributed by atoms with E-state index in [1.54, 1.807) is 36.0 Å². The lowest BCUT2D eigenvalue weighted by atomic mass is 10.1. The maximum atomic E-state index is 12.4. The first-order chi connectivity index (χ1) is 13.6. The van der Waals surface area contributed by atoms with Gasteiger partial charge in [-0.3, -0.25) is 14.5 Å². The van der Waals surface area contributed by atoms with E-state index >= 15 is 0 Å². The number of nitrogens with zero attached hydrogens (tertiary/aromatic N) is 1. The molecule has 3 aromatic carbocycles. The van der Waals surface area contributed by atoms with Crippen LogP contribution in [0.25, 0.3) is 0 Å². The third kappa shape index (κ3) is 3.91. The summed E-state index contributed by atoms with van der Waals surface area (Å²) in [6, 6.07) is 24.0. The number of benzene rings is 3. The molecule has 0 saturated carbocycles. The van der Waals surface area contributed by atoms with Crippen LogP contribution in [0.1, 0.15) is 21.3 Å². The molecule has 1 atom stereocenters. The van der Waals surface area contributed by atoms with Crippen molar-refractivity contribution >= 4 is 46.6 Å². The van der Waals surface area contributed by atoms with Gasteiger partial charge in [0.2, 0.25) is 5.91 Å². The van der Waals surface area contributed by atoms with Gasteiger partial charge in [0, 0.05) is 22.0 Å². The van der Waals surface area contributed by atoms with Crippen LogP contribution in [-0.4, -0.2) is 17.6 Å². The van der Waals surface area contributed by atoms with E-state index in [2.05, 4.69) is 5.32 Å². The van der Waals surface area contributed by atoms with Gasteiger partial charge in [0.15, 0.2) is 0 Å². The summed E-state index contributed by atoms with van der Waals surface area (Å²) < 4.78 is 0. The van der Waals surface area contributed by atoms with Crippen molar-refractivity contribution in [2.24, 2.45) is 0 Å². The fourth-order valence-electron chi connectivity index (χ4n) is 3.07. The Morgan fingerprint density at radius 3 is 2.32 bits per heavy atom. The molecule has 0 aliphatic carbocycles. The van der Waals surface area contributed by atoms with E-state index in [0.29, 0.717) is 22.0 Å². The molecule has 0 spiro atoms. The Labute approximate surface area is 172 Å². The average molecular weight is 409 g/mol. The summed E-state index contributed by atoms with van der Waals surface area (Å²) in [5, 5.41) is 3.39. The predicted molar refractivity (Wildman–Crippen MR) is 115 cm³/mol. The molecule has 1 unspecified atom stereocenters. The summed E-state index contributed by atoms with van der Waals surface area (Å²) in [7, 11) is 0. The minimum absolute atomic E-state index is 0.0732. The van der Waals surface area contributed by atoms with E-state index in [9.17, 15) is 9.59 Å². The van der Waals surface area contributed by atoms with Gasteiger partial charge < -0.3 is 5.32 Å². The van der Waals surface area contributed by atoms with Gasteiger partial charge in [-0.25, -0.2) is 0 Å². The molecule has 4 rings (SSSR count). The zero-order chi connectivity index (χ0) is 19.5. The first kappa shape index (κ1) is 18.6. The Morgan fingerprint density at radius 1 is 0.964 bits per heavy atom. The molecule has 2 amide bonds. The molecule has 3 aromatic rings. The largest absolute Gasteiger partial charge is 0.322 e. The Morgan fingerprint density at radius 2 is 1.64 bits per heavy atom. The second kappa shape index (κ2) is 8.09. The highest BCUT2D eigenvalue weighted by Crippen LogP contribution is 2.41. The van der Waals surface area contributed by atoms with Crippen LogP contribution in [0, 0.1) is 0 Å². The Bertz CT molecular complexity index is 991. The number of nitrogens with one attached hydrogen (secondary N) is 1. The summed E-state index contributed by atoms with van der Waals surface area (Å²) in [6.45, 7) is 0. The van der Waals surface area contributed by atoms with E-state index in [-0.39, 0.29) is 17.2 Å². The van der Waals surface area contributed by atoms with Gasteiger partial charge in [-0.05, 0) is 54.1 Å². The Hall–Kier alpha value is -2.76. The van der Waals surface area contributed by atoms with Crippen molar-refractivity contribution in [3.8, 4) is 0 Å². The lowest BCUT2D eigenvalue weighted by Crippen LogP contribution is -2.27. The summed E-state index contributed by atoms with van der Waals surface area (Å²) in [5.74, 6) is 0.358. The summed E-state index contributed by atoms with van der Waals surface area (Å²) in [5.41, 5.74) is 3.15. The van der Waals surface area contributed by atoms with Crippen molar-refractivity contribution in [1.82, 2.24) is 0 Å². The van der Waals surface area contributed by atoms with Gasteiger partial charge >= 0.3 is 0 Å². The second-order valence-corrected chi connectivity index (χ2v) is 7.85. The zero-order valence-corrected chi connectivity index (χ0v) is 16.4. The van der Waals surface area contributed by atoms with Crippen LogP contribution in [0.2, 0.25) is 5.02 Å². The second-order valence-electron chi connectivity index (χ2n) is 6.35. The van der Waals surface area contributed by atoms with Crippen LogP contribution in [0.15, 0.2) is 78.9 Å². The highest BCUT2D eigenvalue weighted by Gasteiger charge is 2.33. The van der Waals surface area contributed by atoms with E-state index in [1.807, 2.05) is 59.5 Å². The molecule has 28 heavy (non-hydrogen) atoms. The van der Waals surface area contributed by atoms with Gasteiger partial charge in [-0.15, -0.1) is 11.8 Å². The summed E-state index contributed by atoms with van der Waals surface area (Å²) >= 11 is 7.46. The van der Waals surface area contributed by atoms with Crippen LogP contribution in [0.4, 0.5) is 11.4 Å². The van der Waals surface area contributed by atoms with Crippen LogP contribution in [-0.2, 0) is 4.79 Å². The molecular weight excluding hydrogens is 392 g/mol. The van der Waals surface area contributed by atoms with Gasteiger partial charge in [0.1, 0.15) is 5.37 Å². The van der Waals surface area contributed by atoms with E-state index < -0.39 is 0 Å². The maximum absolute atomic E-state index is 12.4. The number of para-hydroxylation sites is 1. The van der Waals surface area contributed by atoms with Crippen molar-refractivity contribution < 1.29 is 9.59 Å². The molecule has 1 heterocycles. The molecule has 140 valence electrons. The standard InChI is InChI=1S/C22H17ClN2O2S/c23-17-10-6-15(7-11-17)21(27)24-18-12-8-16(9-13-18)22-25(20(26)14-28-22)19-4-2-1-3-5-19/h1-13,22H,14H2,(H,24,27). The topological polar surface area (TPSA) is 49.4 Å². The summed E-state index contributed by atoms with van der Waals surface area (Å²) in [6.07, 6.45) is 0. The van der Waals surface area contributed by atoms with E-state index in [4.69, 9.17) is 11.6 Å². The molecular formula is C22H17ClN2O2S. The number of anilines is 2. The molecule has 4 nitrogen and oxygen atoms in total. The fourth-order valence-corrected chi connectivity index (χ4v) is 4.38. The number of rotatable bonds is 4. The highest BCUT2D eigenvalue weighted by molar-refractivity contribution is 8.00. The molecule has 6 heteroatoms. The molecule has 0 aromatic heterocycles. The van der Waals surface area contributed by atoms with Gasteiger partial charge in [-0.1, -0.05) is 41.9 Å². The van der Waals surface area contributed by atoms with Gasteiger partial charge in [0.25, 0.3) is 5.91 Å². The van der Waals surface area contributed by atoms with Crippen molar-refractivity contribution in [1.29, 1.82) is 0 Å². The maximum Gasteiger partial charge on any atom is 0.255 e. The number of hydrogen-bond donors (Lipinski definition) is 1. The molecule has 1 fully saturated rings. The molecule has 1 N–H and O–H groups in total. The lowest BCUT2D eigenvalue weighted by Gasteiger charge is -2.24. The van der Waals surface area contributed by atoms with Crippen LogP contribution >= 0.6 is 23.4 Å². The summed E-state index contributed by atoms with van der Waals surface area (Å²) in [4.78, 5) is 26.6. The number of carbonyl (C=O) groups excluding carboxylic acids is 2. The van der Waals surface area contributed by atoms with Crippen molar-refractivity contribution in [3.05, 3.63) is 95.0 Å². The third-order valence-electron chi connectivity index (χ3n) is 4.46. The predicted octanol–water partition coefficient (Wildman–Crippen LogP) is 5.37. The number of carbonyl (C=O) groups is 2. The van der Waals surface area contributed by atoms with Gasteiger partial charge in [-0.2, -0.15) is 0 Å². The van der Waals surface area contributed by atoms with E-state index in [1.165, 1.54) is 0 Å². The lowest BCUT2D eigenvalue weighted by molar-refractivity contribution is -0.115. The smallest absolute Gasteiger partial charge is 0.255 e. The van der Waals surface area contributed by atoms with Crippen molar-refractivity contribution in [2.75, 3.05) is 16.0 Å².